The largest absolute Gasteiger partial charge is 0.454 e. The van der Waals surface area contributed by atoms with Crippen LogP contribution >= 0.6 is 0 Å². The van der Waals surface area contributed by atoms with Crippen LogP contribution in [0.5, 0.6) is 11.5 Å². The van der Waals surface area contributed by atoms with Gasteiger partial charge in [-0.2, -0.15) is 0 Å². The van der Waals surface area contributed by atoms with Crippen LogP contribution in [0.15, 0.2) is 23.4 Å². The highest BCUT2D eigenvalue weighted by Gasteiger charge is 2.16. The fourth-order valence-corrected chi connectivity index (χ4v) is 2.57. The maximum absolute atomic E-state index is 11.6. The number of nitrogens with one attached hydrogen (secondary N) is 1. The van der Waals surface area contributed by atoms with Gasteiger partial charge >= 0.3 is 6.09 Å². The van der Waals surface area contributed by atoms with Crippen LogP contribution in [-0.2, 0) is 4.84 Å². The summed E-state index contributed by atoms with van der Waals surface area (Å²) in [6, 6.07) is 5.62. The number of rotatable bonds is 3. The molecule has 0 unspecified atom stereocenters. The minimum atomic E-state index is -0.501. The second-order valence-electron chi connectivity index (χ2n) is 5.21. The van der Waals surface area contributed by atoms with Gasteiger partial charge in [-0.15, -0.1) is 0 Å². The van der Waals surface area contributed by atoms with Crippen molar-refractivity contribution in [2.24, 2.45) is 5.16 Å². The molecule has 1 amide bonds. The summed E-state index contributed by atoms with van der Waals surface area (Å²) in [5.41, 5.74) is 0.782. The summed E-state index contributed by atoms with van der Waals surface area (Å²) < 4.78 is 10.5. The first-order valence-corrected chi connectivity index (χ1v) is 7.22. The molecular weight excluding hydrogens is 272 g/mol. The molecule has 6 heteroatoms. The second-order valence-corrected chi connectivity index (χ2v) is 5.21. The van der Waals surface area contributed by atoms with E-state index >= 15 is 0 Å². The van der Waals surface area contributed by atoms with Gasteiger partial charge in [-0.25, -0.2) is 4.79 Å². The van der Waals surface area contributed by atoms with Gasteiger partial charge in [0.25, 0.3) is 0 Å². The number of ether oxygens (including phenoxy) is 2. The summed E-state index contributed by atoms with van der Waals surface area (Å²) in [6.45, 7) is 0.232. The smallest absolute Gasteiger partial charge is 0.433 e. The van der Waals surface area contributed by atoms with Crippen LogP contribution < -0.4 is 14.8 Å². The summed E-state index contributed by atoms with van der Waals surface area (Å²) >= 11 is 0. The molecule has 0 spiro atoms. The van der Waals surface area contributed by atoms with Crippen LogP contribution in [0.25, 0.3) is 0 Å². The Morgan fingerprint density at radius 3 is 2.90 bits per heavy atom. The molecule has 3 rings (SSSR count). The number of benzene rings is 1. The molecule has 1 aliphatic carbocycles. The van der Waals surface area contributed by atoms with Crippen molar-refractivity contribution in [1.29, 1.82) is 0 Å². The van der Waals surface area contributed by atoms with Gasteiger partial charge in [-0.1, -0.05) is 24.4 Å². The lowest BCUT2D eigenvalue weighted by Gasteiger charge is -2.21. The Hall–Kier alpha value is -2.24. The first-order valence-electron chi connectivity index (χ1n) is 7.22. The van der Waals surface area contributed by atoms with Crippen molar-refractivity contribution in [3.05, 3.63) is 23.8 Å². The molecule has 0 saturated heterocycles. The van der Waals surface area contributed by atoms with Crippen molar-refractivity contribution in [1.82, 2.24) is 5.32 Å². The van der Waals surface area contributed by atoms with E-state index in [9.17, 15) is 4.79 Å². The molecule has 2 aliphatic rings. The maximum atomic E-state index is 11.6. The van der Waals surface area contributed by atoms with Crippen LogP contribution in [0.4, 0.5) is 4.79 Å². The van der Waals surface area contributed by atoms with Gasteiger partial charge in [0, 0.05) is 11.6 Å². The summed E-state index contributed by atoms with van der Waals surface area (Å²) in [7, 11) is 0. The van der Waals surface area contributed by atoms with Crippen LogP contribution in [-0.4, -0.2) is 25.1 Å². The predicted molar refractivity (Wildman–Crippen MR) is 76.6 cm³/mol. The van der Waals surface area contributed by atoms with Gasteiger partial charge in [0.05, 0.1) is 6.21 Å². The number of nitrogens with zero attached hydrogens (tertiary/aromatic N) is 1. The van der Waals surface area contributed by atoms with E-state index in [4.69, 9.17) is 14.3 Å². The highest BCUT2D eigenvalue weighted by atomic mass is 16.7. The van der Waals surface area contributed by atoms with E-state index in [0.717, 1.165) is 31.2 Å². The Morgan fingerprint density at radius 1 is 1.24 bits per heavy atom. The lowest BCUT2D eigenvalue weighted by atomic mass is 9.96. The highest BCUT2D eigenvalue weighted by molar-refractivity contribution is 5.81. The SMILES string of the molecule is O=C(NC1CCCCC1)O/N=C/c1ccc2c(c1)OCO2. The van der Waals surface area contributed by atoms with E-state index in [0.29, 0.717) is 11.5 Å². The van der Waals surface area contributed by atoms with Gasteiger partial charge in [-0.3, -0.25) is 4.84 Å². The topological polar surface area (TPSA) is 69.2 Å². The predicted octanol–water partition coefficient (Wildman–Crippen LogP) is 2.81. The van der Waals surface area contributed by atoms with Crippen LogP contribution in [0.3, 0.4) is 0 Å². The molecule has 1 aromatic carbocycles. The molecule has 0 aromatic heterocycles. The maximum Gasteiger partial charge on any atom is 0.433 e. The Labute approximate surface area is 123 Å². The van der Waals surface area contributed by atoms with Gasteiger partial charge < -0.3 is 14.8 Å². The third-order valence-corrected chi connectivity index (χ3v) is 3.66. The fraction of sp³-hybridized carbons (Fsp3) is 0.467. The molecule has 0 atom stereocenters. The zero-order valence-electron chi connectivity index (χ0n) is 11.7. The Bertz CT molecular complexity index is 538. The summed E-state index contributed by atoms with van der Waals surface area (Å²) in [6.07, 6.45) is 6.57. The molecule has 0 bridgehead atoms. The Kier molecular flexibility index (Phi) is 4.23. The molecule has 0 radical (unpaired) electrons. The minimum Gasteiger partial charge on any atom is -0.454 e. The number of carbonyl (C=O) groups is 1. The van der Waals surface area contributed by atoms with E-state index in [1.807, 2.05) is 6.07 Å². The number of hydrogen-bond donors (Lipinski definition) is 1. The number of carbonyl (C=O) groups excluding carboxylic acids is 1. The average Bonchev–Trinajstić information content (AvgIpc) is 2.96. The monoisotopic (exact) mass is 290 g/mol. The third kappa shape index (κ3) is 3.65. The quantitative estimate of drug-likeness (QED) is 0.528. The Morgan fingerprint density at radius 2 is 2.05 bits per heavy atom. The number of fused-ring (bicyclic) bond motifs is 1. The zero-order chi connectivity index (χ0) is 14.5. The highest BCUT2D eigenvalue weighted by Crippen LogP contribution is 2.31. The molecule has 1 saturated carbocycles. The van der Waals surface area contributed by atoms with Crippen molar-refractivity contribution >= 4 is 12.3 Å². The van der Waals surface area contributed by atoms with Crippen LogP contribution in [0, 0.1) is 0 Å². The first-order chi connectivity index (χ1) is 10.3. The first kappa shape index (κ1) is 13.7. The molecule has 21 heavy (non-hydrogen) atoms. The molecule has 112 valence electrons. The fourth-order valence-electron chi connectivity index (χ4n) is 2.57. The van der Waals surface area contributed by atoms with Crippen LogP contribution in [0.2, 0.25) is 0 Å². The van der Waals surface area contributed by atoms with Crippen molar-refractivity contribution in [3.8, 4) is 11.5 Å². The molecule has 1 fully saturated rings. The zero-order valence-corrected chi connectivity index (χ0v) is 11.7. The van der Waals surface area contributed by atoms with Crippen molar-refractivity contribution < 1.29 is 19.1 Å². The molecule has 1 aliphatic heterocycles. The summed E-state index contributed by atoms with van der Waals surface area (Å²) in [4.78, 5) is 16.4. The lowest BCUT2D eigenvalue weighted by Crippen LogP contribution is -2.35. The number of amides is 1. The van der Waals surface area contributed by atoms with Gasteiger partial charge in [-0.05, 0) is 31.0 Å². The third-order valence-electron chi connectivity index (χ3n) is 3.66. The molecule has 1 N–H and O–H groups in total. The molecule has 6 nitrogen and oxygen atoms in total. The second kappa shape index (κ2) is 6.47. The summed E-state index contributed by atoms with van der Waals surface area (Å²) in [5, 5.41) is 6.53. The number of oxime groups is 1. The van der Waals surface area contributed by atoms with E-state index < -0.39 is 6.09 Å². The van der Waals surface area contributed by atoms with E-state index in [2.05, 4.69) is 10.5 Å². The van der Waals surface area contributed by atoms with Gasteiger partial charge in [0.15, 0.2) is 11.5 Å². The van der Waals surface area contributed by atoms with E-state index in [1.165, 1.54) is 12.6 Å². The molecule has 1 aromatic rings. The minimum absolute atomic E-state index is 0.215. The normalized spacial score (nSPS) is 17.9. The van der Waals surface area contributed by atoms with E-state index in [-0.39, 0.29) is 12.8 Å². The number of hydrogen-bond acceptors (Lipinski definition) is 5. The standard InChI is InChI=1S/C15H18N2O4/c18-15(17-12-4-2-1-3-5-12)21-16-9-11-6-7-13-14(8-11)20-10-19-13/h6-9,12H,1-5,10H2,(H,17,18)/b16-9+. The van der Waals surface area contributed by atoms with Crippen molar-refractivity contribution in [2.45, 2.75) is 38.1 Å². The summed E-state index contributed by atoms with van der Waals surface area (Å²) in [5.74, 6) is 1.38. The van der Waals surface area contributed by atoms with Gasteiger partial charge in [0.1, 0.15) is 0 Å². The molecular formula is C15H18N2O4. The average molecular weight is 290 g/mol. The van der Waals surface area contributed by atoms with Crippen LogP contribution in [0.1, 0.15) is 37.7 Å². The Balaban J connectivity index is 1.48. The van der Waals surface area contributed by atoms with Crippen molar-refractivity contribution in [3.63, 3.8) is 0 Å². The van der Waals surface area contributed by atoms with Crippen molar-refractivity contribution in [2.75, 3.05) is 6.79 Å². The molecule has 1 heterocycles. The lowest BCUT2D eigenvalue weighted by molar-refractivity contribution is 0.144. The van der Waals surface area contributed by atoms with E-state index in [1.54, 1.807) is 12.1 Å². The van der Waals surface area contributed by atoms with Gasteiger partial charge in [0.2, 0.25) is 6.79 Å².